The highest BCUT2D eigenvalue weighted by atomic mass is 16.2. The molecule has 1 aliphatic rings. The van der Waals surface area contributed by atoms with Crippen molar-refractivity contribution in [3.05, 3.63) is 35.9 Å². The van der Waals surface area contributed by atoms with Gasteiger partial charge in [0.25, 0.3) is 0 Å². The Morgan fingerprint density at radius 1 is 1.29 bits per heavy atom. The van der Waals surface area contributed by atoms with Gasteiger partial charge in [-0.15, -0.1) is 0 Å². The summed E-state index contributed by atoms with van der Waals surface area (Å²) in [6, 6.07) is 11.2. The second kappa shape index (κ2) is 6.74. The number of piperazine rings is 1. The van der Waals surface area contributed by atoms with Crippen molar-refractivity contribution in [3.8, 4) is 0 Å². The first-order valence-corrected chi connectivity index (χ1v) is 6.49. The molecule has 17 heavy (non-hydrogen) atoms. The molecule has 3 heteroatoms. The molecule has 1 heterocycles. The zero-order valence-corrected chi connectivity index (χ0v) is 10.3. The van der Waals surface area contributed by atoms with Crippen LogP contribution in [0, 0.1) is 0 Å². The molecule has 1 aromatic rings. The summed E-state index contributed by atoms with van der Waals surface area (Å²) in [5, 5.41) is 12.4. The Kier molecular flexibility index (Phi) is 4.98. The third kappa shape index (κ3) is 3.80. The second-order valence-electron chi connectivity index (χ2n) is 4.68. The molecule has 1 aliphatic heterocycles. The minimum atomic E-state index is 0.301. The normalized spacial score (nSPS) is 21.6. The van der Waals surface area contributed by atoms with Gasteiger partial charge in [-0.3, -0.25) is 4.90 Å². The highest BCUT2D eigenvalue weighted by Gasteiger charge is 2.21. The quantitative estimate of drug-likeness (QED) is 0.804. The van der Waals surface area contributed by atoms with E-state index in [2.05, 4.69) is 40.5 Å². The van der Waals surface area contributed by atoms with Crippen LogP contribution in [-0.2, 0) is 6.54 Å². The van der Waals surface area contributed by atoms with Crippen molar-refractivity contribution < 1.29 is 5.11 Å². The highest BCUT2D eigenvalue weighted by Crippen LogP contribution is 2.13. The molecule has 94 valence electrons. The molecule has 1 unspecified atom stereocenters. The van der Waals surface area contributed by atoms with Gasteiger partial charge in [0.15, 0.2) is 0 Å². The van der Waals surface area contributed by atoms with Crippen molar-refractivity contribution in [2.75, 3.05) is 26.2 Å². The first-order chi connectivity index (χ1) is 8.40. The molecule has 1 atom stereocenters. The average Bonchev–Trinajstić information content (AvgIpc) is 2.39. The summed E-state index contributed by atoms with van der Waals surface area (Å²) in [4.78, 5) is 2.53. The van der Waals surface area contributed by atoms with Crippen molar-refractivity contribution in [2.24, 2.45) is 0 Å². The van der Waals surface area contributed by atoms with Gasteiger partial charge in [0.05, 0.1) is 0 Å². The lowest BCUT2D eigenvalue weighted by Gasteiger charge is -2.36. The van der Waals surface area contributed by atoms with E-state index in [-0.39, 0.29) is 0 Å². The molecule has 0 aliphatic carbocycles. The molecule has 0 bridgehead atoms. The fraction of sp³-hybridized carbons (Fsp3) is 0.571. The summed E-state index contributed by atoms with van der Waals surface area (Å²) in [6.07, 6.45) is 1.98. The maximum atomic E-state index is 8.93. The maximum absolute atomic E-state index is 8.93. The van der Waals surface area contributed by atoms with Crippen LogP contribution in [0.4, 0.5) is 0 Å². The molecule has 0 radical (unpaired) electrons. The zero-order chi connectivity index (χ0) is 11.9. The van der Waals surface area contributed by atoms with Crippen molar-refractivity contribution in [3.63, 3.8) is 0 Å². The summed E-state index contributed by atoms with van der Waals surface area (Å²) in [5.74, 6) is 0. The molecule has 0 spiro atoms. The largest absolute Gasteiger partial charge is 0.396 e. The van der Waals surface area contributed by atoms with Crippen LogP contribution in [0.1, 0.15) is 18.4 Å². The van der Waals surface area contributed by atoms with Crippen LogP contribution in [0.5, 0.6) is 0 Å². The van der Waals surface area contributed by atoms with Crippen LogP contribution >= 0.6 is 0 Å². The van der Waals surface area contributed by atoms with Gasteiger partial charge >= 0.3 is 0 Å². The average molecular weight is 234 g/mol. The number of benzene rings is 1. The number of nitrogens with one attached hydrogen (secondary N) is 1. The second-order valence-corrected chi connectivity index (χ2v) is 4.68. The van der Waals surface area contributed by atoms with E-state index in [0.29, 0.717) is 12.6 Å². The van der Waals surface area contributed by atoms with Crippen LogP contribution in [0.25, 0.3) is 0 Å². The third-order valence-electron chi connectivity index (χ3n) is 3.40. The Balaban J connectivity index is 1.92. The lowest BCUT2D eigenvalue weighted by Crippen LogP contribution is -2.50. The Morgan fingerprint density at radius 2 is 2.12 bits per heavy atom. The van der Waals surface area contributed by atoms with E-state index in [0.717, 1.165) is 39.0 Å². The van der Waals surface area contributed by atoms with Crippen LogP contribution in [0.15, 0.2) is 30.3 Å². The van der Waals surface area contributed by atoms with Gasteiger partial charge in [0.1, 0.15) is 0 Å². The van der Waals surface area contributed by atoms with E-state index in [1.165, 1.54) is 5.56 Å². The van der Waals surface area contributed by atoms with Crippen LogP contribution in [-0.4, -0.2) is 42.3 Å². The molecule has 1 aromatic carbocycles. The Hall–Kier alpha value is -0.900. The third-order valence-corrected chi connectivity index (χ3v) is 3.40. The molecule has 1 fully saturated rings. The standard InChI is InChI=1S/C14H22N2O/c17-10-4-7-14-11-15-8-9-16(14)12-13-5-2-1-3-6-13/h1-3,5-6,14-15,17H,4,7-12H2. The first kappa shape index (κ1) is 12.6. The molecule has 0 amide bonds. The SMILES string of the molecule is OCCCC1CNCCN1Cc1ccccc1. The molecular weight excluding hydrogens is 212 g/mol. The lowest BCUT2D eigenvalue weighted by molar-refractivity contribution is 0.136. The summed E-state index contributed by atoms with van der Waals surface area (Å²) >= 11 is 0. The molecule has 0 saturated carbocycles. The molecule has 2 N–H and O–H groups in total. The van der Waals surface area contributed by atoms with Gasteiger partial charge in [-0.2, -0.15) is 0 Å². The van der Waals surface area contributed by atoms with Crippen molar-refractivity contribution >= 4 is 0 Å². The molecule has 1 saturated heterocycles. The van der Waals surface area contributed by atoms with E-state index in [9.17, 15) is 0 Å². The molecule has 2 rings (SSSR count). The Morgan fingerprint density at radius 3 is 2.88 bits per heavy atom. The van der Waals surface area contributed by atoms with Crippen LogP contribution < -0.4 is 5.32 Å². The monoisotopic (exact) mass is 234 g/mol. The Bertz CT molecular complexity index is 315. The van der Waals surface area contributed by atoms with Gasteiger partial charge < -0.3 is 10.4 Å². The predicted octanol–water partition coefficient (Wildman–Crippen LogP) is 1.23. The van der Waals surface area contributed by atoms with Gasteiger partial charge in [-0.1, -0.05) is 30.3 Å². The number of hydrogen-bond acceptors (Lipinski definition) is 3. The van der Waals surface area contributed by atoms with E-state index in [4.69, 9.17) is 5.11 Å². The molecular formula is C14H22N2O. The lowest BCUT2D eigenvalue weighted by atomic mass is 10.1. The number of aliphatic hydroxyl groups excluding tert-OH is 1. The summed E-state index contributed by atoms with van der Waals surface area (Å²) in [5.41, 5.74) is 1.38. The van der Waals surface area contributed by atoms with Crippen LogP contribution in [0.2, 0.25) is 0 Å². The van der Waals surface area contributed by atoms with Gasteiger partial charge in [-0.05, 0) is 18.4 Å². The predicted molar refractivity (Wildman–Crippen MR) is 69.8 cm³/mol. The van der Waals surface area contributed by atoms with Crippen LogP contribution in [0.3, 0.4) is 0 Å². The van der Waals surface area contributed by atoms with Gasteiger partial charge in [0, 0.05) is 38.8 Å². The summed E-state index contributed by atoms with van der Waals surface area (Å²) in [7, 11) is 0. The number of aliphatic hydroxyl groups is 1. The fourth-order valence-corrected chi connectivity index (χ4v) is 2.44. The Labute approximate surface area is 103 Å². The zero-order valence-electron chi connectivity index (χ0n) is 10.3. The molecule has 0 aromatic heterocycles. The fourth-order valence-electron chi connectivity index (χ4n) is 2.44. The summed E-state index contributed by atoms with van der Waals surface area (Å²) in [6.45, 7) is 4.55. The smallest absolute Gasteiger partial charge is 0.0431 e. The number of nitrogens with zero attached hydrogens (tertiary/aromatic N) is 1. The summed E-state index contributed by atoms with van der Waals surface area (Å²) < 4.78 is 0. The van der Waals surface area contributed by atoms with E-state index in [1.807, 2.05) is 0 Å². The minimum Gasteiger partial charge on any atom is -0.396 e. The minimum absolute atomic E-state index is 0.301. The first-order valence-electron chi connectivity index (χ1n) is 6.49. The van der Waals surface area contributed by atoms with Crippen molar-refractivity contribution in [1.29, 1.82) is 0 Å². The van der Waals surface area contributed by atoms with Gasteiger partial charge in [0.2, 0.25) is 0 Å². The van der Waals surface area contributed by atoms with Crippen molar-refractivity contribution in [1.82, 2.24) is 10.2 Å². The van der Waals surface area contributed by atoms with E-state index < -0.39 is 0 Å². The van der Waals surface area contributed by atoms with Gasteiger partial charge in [-0.25, -0.2) is 0 Å². The number of hydrogen-bond donors (Lipinski definition) is 2. The molecule has 3 nitrogen and oxygen atoms in total. The van der Waals surface area contributed by atoms with E-state index >= 15 is 0 Å². The highest BCUT2D eigenvalue weighted by molar-refractivity contribution is 5.14. The number of rotatable bonds is 5. The topological polar surface area (TPSA) is 35.5 Å². The maximum Gasteiger partial charge on any atom is 0.0431 e. The van der Waals surface area contributed by atoms with E-state index in [1.54, 1.807) is 0 Å². The van der Waals surface area contributed by atoms with Crippen molar-refractivity contribution in [2.45, 2.75) is 25.4 Å².